The molecule has 0 aliphatic heterocycles. The first-order chi connectivity index (χ1) is 5.83. The third-order valence-electron chi connectivity index (χ3n) is 1.17. The van der Waals surface area contributed by atoms with Crippen molar-refractivity contribution in [3.63, 3.8) is 0 Å². The van der Waals surface area contributed by atoms with Gasteiger partial charge in [0.15, 0.2) is 4.80 Å². The maximum Gasteiger partial charge on any atom is 0.207 e. The number of thiazole rings is 1. The number of H-pyrrole nitrogens is 1. The van der Waals surface area contributed by atoms with E-state index >= 15 is 0 Å². The lowest BCUT2D eigenvalue weighted by atomic mass is 10.4. The van der Waals surface area contributed by atoms with E-state index in [1.54, 1.807) is 6.20 Å². The van der Waals surface area contributed by atoms with Crippen LogP contribution in [0.5, 0.6) is 0 Å². The molecule has 5 heteroatoms. The van der Waals surface area contributed by atoms with Gasteiger partial charge >= 0.3 is 0 Å². The average Bonchev–Trinajstić information content (AvgIpc) is 2.45. The fourth-order valence-corrected chi connectivity index (χ4v) is 1.32. The molecule has 1 aromatic rings. The first-order valence-electron chi connectivity index (χ1n) is 3.39. The van der Waals surface area contributed by atoms with E-state index in [1.165, 1.54) is 11.3 Å². The molecule has 3 N–H and O–H groups in total. The molecule has 0 aliphatic rings. The van der Waals surface area contributed by atoms with Gasteiger partial charge in [0.1, 0.15) is 0 Å². The Morgan fingerprint density at radius 2 is 2.58 bits per heavy atom. The number of aromatic nitrogens is 1. The zero-order valence-electron chi connectivity index (χ0n) is 6.33. The SMILES string of the molecule is N=c1[nH]cc(/C=C\CNC=O)s1. The van der Waals surface area contributed by atoms with E-state index in [4.69, 9.17) is 5.41 Å². The quantitative estimate of drug-likeness (QED) is 0.456. The van der Waals surface area contributed by atoms with Gasteiger partial charge in [-0.3, -0.25) is 10.2 Å². The number of nitrogens with one attached hydrogen (secondary N) is 3. The summed E-state index contributed by atoms with van der Waals surface area (Å²) in [6, 6.07) is 0. The van der Waals surface area contributed by atoms with E-state index in [2.05, 4.69) is 10.3 Å². The zero-order chi connectivity index (χ0) is 8.81. The van der Waals surface area contributed by atoms with Gasteiger partial charge in [0.25, 0.3) is 0 Å². The monoisotopic (exact) mass is 183 g/mol. The maximum absolute atomic E-state index is 9.84. The summed E-state index contributed by atoms with van der Waals surface area (Å²) in [5.41, 5.74) is 0. The predicted octanol–water partition coefficient (Wildman–Crippen LogP) is 0.315. The summed E-state index contributed by atoms with van der Waals surface area (Å²) in [7, 11) is 0. The molecule has 4 nitrogen and oxygen atoms in total. The zero-order valence-corrected chi connectivity index (χ0v) is 7.15. The highest BCUT2D eigenvalue weighted by atomic mass is 32.1. The van der Waals surface area contributed by atoms with Crippen molar-refractivity contribution in [3.8, 4) is 0 Å². The van der Waals surface area contributed by atoms with Crippen LogP contribution in [0.25, 0.3) is 6.08 Å². The standard InChI is InChI=1S/C7H9N3OS/c8-7-10-4-6(12-7)2-1-3-9-5-11/h1-2,4-5H,3H2,(H2,8,10)(H,9,11)/b2-1-. The third kappa shape index (κ3) is 2.71. The summed E-state index contributed by atoms with van der Waals surface area (Å²) < 4.78 is 0. The molecule has 0 aromatic carbocycles. The summed E-state index contributed by atoms with van der Waals surface area (Å²) in [6.45, 7) is 0.523. The number of hydrogen-bond acceptors (Lipinski definition) is 3. The molecule has 0 aliphatic carbocycles. The number of carbonyl (C=O) groups is 1. The highest BCUT2D eigenvalue weighted by Gasteiger charge is 1.87. The average molecular weight is 183 g/mol. The Kier molecular flexibility index (Phi) is 3.28. The normalized spacial score (nSPS) is 10.3. The Labute approximate surface area is 73.5 Å². The lowest BCUT2D eigenvalue weighted by Crippen LogP contribution is -2.08. The third-order valence-corrected chi connectivity index (χ3v) is 1.98. The second-order valence-electron chi connectivity index (χ2n) is 2.05. The molecule has 0 unspecified atom stereocenters. The van der Waals surface area contributed by atoms with Gasteiger partial charge in [0.2, 0.25) is 6.41 Å². The minimum Gasteiger partial charge on any atom is -0.355 e. The van der Waals surface area contributed by atoms with Gasteiger partial charge in [-0.25, -0.2) is 0 Å². The first-order valence-corrected chi connectivity index (χ1v) is 4.21. The summed E-state index contributed by atoms with van der Waals surface area (Å²) >= 11 is 1.35. The van der Waals surface area contributed by atoms with Crippen molar-refractivity contribution < 1.29 is 4.79 Å². The van der Waals surface area contributed by atoms with E-state index in [1.807, 2.05) is 12.2 Å². The molecule has 1 amide bonds. The number of aromatic amines is 1. The first kappa shape index (κ1) is 8.73. The number of hydrogen-bond donors (Lipinski definition) is 3. The second kappa shape index (κ2) is 4.50. The van der Waals surface area contributed by atoms with Crippen LogP contribution in [-0.4, -0.2) is 17.9 Å². The fourth-order valence-electron chi connectivity index (χ4n) is 0.687. The maximum atomic E-state index is 9.84. The Hall–Kier alpha value is -1.36. The van der Waals surface area contributed by atoms with Crippen LogP contribution < -0.4 is 10.1 Å². The minimum absolute atomic E-state index is 0.429. The molecule has 0 spiro atoms. The van der Waals surface area contributed by atoms with Crippen molar-refractivity contribution in [1.82, 2.24) is 10.3 Å². The van der Waals surface area contributed by atoms with Crippen molar-refractivity contribution in [2.24, 2.45) is 0 Å². The second-order valence-corrected chi connectivity index (χ2v) is 3.13. The molecule has 12 heavy (non-hydrogen) atoms. The van der Waals surface area contributed by atoms with Crippen LogP contribution in [0.4, 0.5) is 0 Å². The molecule has 0 saturated heterocycles. The lowest BCUT2D eigenvalue weighted by Gasteiger charge is -1.86. The van der Waals surface area contributed by atoms with Crippen LogP contribution in [0.15, 0.2) is 12.3 Å². The van der Waals surface area contributed by atoms with Crippen LogP contribution in [0.2, 0.25) is 0 Å². The molecule has 1 heterocycles. The molecule has 0 fully saturated rings. The van der Waals surface area contributed by atoms with Crippen LogP contribution in [0.3, 0.4) is 0 Å². The van der Waals surface area contributed by atoms with Crippen molar-refractivity contribution in [2.75, 3.05) is 6.54 Å². The Morgan fingerprint density at radius 3 is 3.17 bits per heavy atom. The molecule has 0 saturated carbocycles. The Bertz CT molecular complexity index is 325. The van der Waals surface area contributed by atoms with Gasteiger partial charge in [-0.05, 0) is 6.08 Å². The molecule has 0 bridgehead atoms. The van der Waals surface area contributed by atoms with Crippen LogP contribution in [0, 0.1) is 5.41 Å². The number of amides is 1. The molecule has 64 valence electrons. The van der Waals surface area contributed by atoms with E-state index in [0.717, 1.165) is 4.88 Å². The van der Waals surface area contributed by atoms with Crippen molar-refractivity contribution in [3.05, 3.63) is 22.0 Å². The van der Waals surface area contributed by atoms with Gasteiger partial charge in [0, 0.05) is 17.6 Å². The predicted molar refractivity (Wildman–Crippen MR) is 47.6 cm³/mol. The molecule has 1 aromatic heterocycles. The van der Waals surface area contributed by atoms with Crippen LogP contribution >= 0.6 is 11.3 Å². The van der Waals surface area contributed by atoms with Gasteiger partial charge < -0.3 is 10.3 Å². The Balaban J connectivity index is 2.46. The highest BCUT2D eigenvalue weighted by Crippen LogP contribution is 2.01. The molecule has 0 radical (unpaired) electrons. The van der Waals surface area contributed by atoms with Crippen molar-refractivity contribution >= 4 is 23.8 Å². The van der Waals surface area contributed by atoms with Gasteiger partial charge in [-0.15, -0.1) is 0 Å². The molecule has 1 rings (SSSR count). The smallest absolute Gasteiger partial charge is 0.207 e. The lowest BCUT2D eigenvalue weighted by molar-refractivity contribution is -0.109. The van der Waals surface area contributed by atoms with Crippen LogP contribution in [0.1, 0.15) is 4.88 Å². The van der Waals surface area contributed by atoms with Gasteiger partial charge in [-0.2, -0.15) is 0 Å². The van der Waals surface area contributed by atoms with E-state index in [0.29, 0.717) is 17.8 Å². The largest absolute Gasteiger partial charge is 0.355 e. The number of rotatable bonds is 4. The summed E-state index contributed by atoms with van der Waals surface area (Å²) in [6.07, 6.45) is 6.09. The fraction of sp³-hybridized carbons (Fsp3) is 0.143. The van der Waals surface area contributed by atoms with Crippen molar-refractivity contribution in [2.45, 2.75) is 0 Å². The summed E-state index contributed by atoms with van der Waals surface area (Å²) in [5, 5.41) is 9.70. The summed E-state index contributed by atoms with van der Waals surface area (Å²) in [4.78, 5) is 14.0. The highest BCUT2D eigenvalue weighted by molar-refractivity contribution is 7.10. The topological polar surface area (TPSA) is 68.7 Å². The van der Waals surface area contributed by atoms with E-state index in [-0.39, 0.29) is 0 Å². The van der Waals surface area contributed by atoms with E-state index < -0.39 is 0 Å². The Morgan fingerprint density at radius 1 is 1.75 bits per heavy atom. The van der Waals surface area contributed by atoms with Gasteiger partial charge in [-0.1, -0.05) is 17.4 Å². The van der Waals surface area contributed by atoms with Crippen molar-refractivity contribution in [1.29, 1.82) is 5.41 Å². The molecular weight excluding hydrogens is 174 g/mol. The minimum atomic E-state index is 0.429. The summed E-state index contributed by atoms with van der Waals surface area (Å²) in [5.74, 6) is 0. The van der Waals surface area contributed by atoms with Gasteiger partial charge in [0.05, 0.1) is 0 Å². The number of carbonyl (C=O) groups excluding carboxylic acids is 1. The molecule has 0 atom stereocenters. The van der Waals surface area contributed by atoms with Crippen LogP contribution in [-0.2, 0) is 4.79 Å². The van der Waals surface area contributed by atoms with E-state index in [9.17, 15) is 4.79 Å². The molecular formula is C7H9N3OS.